The van der Waals surface area contributed by atoms with Crippen molar-refractivity contribution in [2.75, 3.05) is 26.2 Å². The van der Waals surface area contributed by atoms with Gasteiger partial charge < -0.3 is 25.5 Å². The molecule has 222 valence electrons. The largest absolute Gasteiger partial charge is 0.460 e. The first-order valence-electron chi connectivity index (χ1n) is 14.1. The zero-order valence-corrected chi connectivity index (χ0v) is 25.2. The molecule has 2 aliphatic rings. The molecule has 0 spiro atoms. The van der Waals surface area contributed by atoms with Crippen molar-refractivity contribution >= 4 is 47.3 Å². The van der Waals surface area contributed by atoms with Gasteiger partial charge >= 0.3 is 5.97 Å². The number of ether oxygens (including phenoxy) is 1. The maximum Gasteiger partial charge on any atom is 0.308 e. The fourth-order valence-corrected chi connectivity index (χ4v) is 5.95. The molecule has 40 heavy (non-hydrogen) atoms. The monoisotopic (exact) mass is 596 g/mol. The molecule has 1 saturated carbocycles. The van der Waals surface area contributed by atoms with Gasteiger partial charge in [-0.15, -0.1) is 0 Å². The lowest BCUT2D eigenvalue weighted by molar-refractivity contribution is -0.156. The fraction of sp³-hybridized carbons (Fsp3) is 0.655. The van der Waals surface area contributed by atoms with Crippen LogP contribution in [0.2, 0.25) is 10.0 Å². The van der Waals surface area contributed by atoms with Gasteiger partial charge in [0.2, 0.25) is 11.8 Å². The van der Waals surface area contributed by atoms with Gasteiger partial charge in [-0.1, -0.05) is 48.5 Å². The highest BCUT2D eigenvalue weighted by molar-refractivity contribution is 6.35. The van der Waals surface area contributed by atoms with Crippen LogP contribution in [-0.2, 0) is 30.3 Å². The smallest absolute Gasteiger partial charge is 0.308 e. The van der Waals surface area contributed by atoms with Crippen molar-refractivity contribution < 1.29 is 23.9 Å². The van der Waals surface area contributed by atoms with Gasteiger partial charge in [0, 0.05) is 54.6 Å². The molecular weight excluding hydrogens is 555 g/mol. The van der Waals surface area contributed by atoms with Gasteiger partial charge in [0.15, 0.2) is 0 Å². The molecule has 2 amide bonds. The predicted molar refractivity (Wildman–Crippen MR) is 155 cm³/mol. The van der Waals surface area contributed by atoms with Crippen LogP contribution in [0, 0.1) is 5.92 Å². The highest BCUT2D eigenvalue weighted by atomic mass is 35.5. The Kier molecular flexibility index (Phi) is 11.8. The number of hydrogen-bond donors (Lipinski definition) is 2. The molecule has 1 aromatic rings. The summed E-state index contributed by atoms with van der Waals surface area (Å²) in [5.74, 6) is -1.45. The topological polar surface area (TPSA) is 122 Å². The maximum atomic E-state index is 13.7. The Labute approximate surface area is 247 Å². The standard InChI is InChI=1S/C29H42Cl2N4O5/c1-29(2,3)40-26(37)17-23(32)27(38)33-24(15-19-9-10-21(30)16-22(19)31)28(39)35-13-11-34(12-14-35)25-8-6-4-5-7-20(25)18-36/h9-10,16,18,20,23-25H,4-8,11-15,17,32H2,1-3H3,(H,33,38). The SMILES string of the molecule is CC(C)(C)OC(=O)CC(N)C(=O)NC(Cc1ccc(Cl)cc1Cl)C(=O)N1CCN(C2CCCCCC2C=O)CC1. The second-order valence-corrected chi connectivity index (χ2v) is 12.6. The quantitative estimate of drug-likeness (QED) is 0.254. The second-order valence-electron chi connectivity index (χ2n) is 11.8. The number of nitrogens with zero attached hydrogens (tertiary/aromatic N) is 2. The van der Waals surface area contributed by atoms with E-state index in [1.807, 2.05) is 0 Å². The number of hydrogen-bond acceptors (Lipinski definition) is 7. The van der Waals surface area contributed by atoms with Crippen LogP contribution in [0.25, 0.3) is 0 Å². The van der Waals surface area contributed by atoms with Crippen LogP contribution in [0.3, 0.4) is 0 Å². The van der Waals surface area contributed by atoms with Crippen molar-refractivity contribution in [3.05, 3.63) is 33.8 Å². The Hall–Kier alpha value is -2.20. The maximum absolute atomic E-state index is 13.7. The highest BCUT2D eigenvalue weighted by Crippen LogP contribution is 2.28. The molecule has 4 atom stereocenters. The zero-order chi connectivity index (χ0) is 29.4. The summed E-state index contributed by atoms with van der Waals surface area (Å²) in [5.41, 5.74) is 5.97. The van der Waals surface area contributed by atoms with Crippen LogP contribution < -0.4 is 11.1 Å². The number of carbonyl (C=O) groups is 4. The minimum absolute atomic E-state index is 0.0234. The van der Waals surface area contributed by atoms with E-state index in [0.717, 1.165) is 38.4 Å². The van der Waals surface area contributed by atoms with Gasteiger partial charge in [-0.2, -0.15) is 0 Å². The van der Waals surface area contributed by atoms with E-state index >= 15 is 0 Å². The molecule has 3 rings (SSSR count). The average molecular weight is 598 g/mol. The molecule has 9 nitrogen and oxygen atoms in total. The predicted octanol–water partition coefficient (Wildman–Crippen LogP) is 3.37. The summed E-state index contributed by atoms with van der Waals surface area (Å²) in [7, 11) is 0. The van der Waals surface area contributed by atoms with Gasteiger partial charge in [0.25, 0.3) is 0 Å². The third-order valence-electron chi connectivity index (χ3n) is 7.50. The summed E-state index contributed by atoms with van der Waals surface area (Å²) in [6, 6.07) is 3.06. The van der Waals surface area contributed by atoms with Crippen LogP contribution >= 0.6 is 23.2 Å². The van der Waals surface area contributed by atoms with Crippen molar-refractivity contribution in [1.29, 1.82) is 0 Å². The number of nitrogens with one attached hydrogen (secondary N) is 1. The molecular formula is C29H42Cl2N4O5. The number of amides is 2. The van der Waals surface area contributed by atoms with Crippen LogP contribution in [0.15, 0.2) is 18.2 Å². The van der Waals surface area contributed by atoms with Gasteiger partial charge in [-0.3, -0.25) is 19.3 Å². The van der Waals surface area contributed by atoms with Crippen LogP contribution in [0.1, 0.15) is 64.9 Å². The number of nitrogens with two attached hydrogens (primary N) is 1. The van der Waals surface area contributed by atoms with E-state index in [1.54, 1.807) is 43.9 Å². The molecule has 0 radical (unpaired) electrons. The molecule has 4 unspecified atom stereocenters. The first kappa shape index (κ1) is 32.3. The molecule has 1 saturated heterocycles. The number of benzene rings is 1. The molecule has 0 aromatic heterocycles. The number of esters is 1. The fourth-order valence-electron chi connectivity index (χ4n) is 5.46. The van der Waals surface area contributed by atoms with E-state index < -0.39 is 29.6 Å². The Balaban J connectivity index is 1.70. The van der Waals surface area contributed by atoms with Crippen molar-refractivity contribution in [3.63, 3.8) is 0 Å². The minimum Gasteiger partial charge on any atom is -0.460 e. The van der Waals surface area contributed by atoms with Crippen molar-refractivity contribution in [3.8, 4) is 0 Å². The van der Waals surface area contributed by atoms with E-state index in [9.17, 15) is 19.2 Å². The lowest BCUT2D eigenvalue weighted by atomic mass is 9.94. The van der Waals surface area contributed by atoms with Gasteiger partial charge in [-0.25, -0.2) is 0 Å². The highest BCUT2D eigenvalue weighted by Gasteiger charge is 2.35. The van der Waals surface area contributed by atoms with E-state index in [0.29, 0.717) is 41.8 Å². The first-order valence-corrected chi connectivity index (χ1v) is 14.8. The third kappa shape index (κ3) is 9.43. The summed E-state index contributed by atoms with van der Waals surface area (Å²) < 4.78 is 5.28. The molecule has 1 aromatic carbocycles. The molecule has 3 N–H and O–H groups in total. The minimum atomic E-state index is -1.18. The molecule has 1 aliphatic carbocycles. The third-order valence-corrected chi connectivity index (χ3v) is 8.09. The van der Waals surface area contributed by atoms with E-state index in [2.05, 4.69) is 10.2 Å². The number of halogens is 2. The normalized spacial score (nSPS) is 22.1. The number of aldehydes is 1. The molecule has 2 fully saturated rings. The summed E-state index contributed by atoms with van der Waals surface area (Å²) in [6.45, 7) is 7.46. The molecule has 0 bridgehead atoms. The van der Waals surface area contributed by atoms with Crippen LogP contribution in [0.4, 0.5) is 0 Å². The lowest BCUT2D eigenvalue weighted by Gasteiger charge is -2.41. The Morgan fingerprint density at radius 1 is 1.10 bits per heavy atom. The van der Waals surface area contributed by atoms with Crippen LogP contribution in [-0.4, -0.2) is 83.8 Å². The Morgan fingerprint density at radius 2 is 1.77 bits per heavy atom. The van der Waals surface area contributed by atoms with Crippen molar-refractivity contribution in [2.45, 2.75) is 89.4 Å². The zero-order valence-electron chi connectivity index (χ0n) is 23.7. The van der Waals surface area contributed by atoms with Gasteiger partial charge in [0.05, 0.1) is 12.5 Å². The van der Waals surface area contributed by atoms with E-state index in [1.165, 1.54) is 0 Å². The Bertz CT molecular complexity index is 1060. The molecule has 11 heteroatoms. The van der Waals surface area contributed by atoms with Crippen LogP contribution in [0.5, 0.6) is 0 Å². The van der Waals surface area contributed by atoms with Crippen molar-refractivity contribution in [2.24, 2.45) is 11.7 Å². The summed E-state index contributed by atoms with van der Waals surface area (Å²) in [4.78, 5) is 54.8. The molecule has 1 aliphatic heterocycles. The van der Waals surface area contributed by atoms with E-state index in [4.69, 9.17) is 33.7 Å². The van der Waals surface area contributed by atoms with E-state index in [-0.39, 0.29) is 30.7 Å². The van der Waals surface area contributed by atoms with Crippen molar-refractivity contribution in [1.82, 2.24) is 15.1 Å². The number of rotatable bonds is 9. The Morgan fingerprint density at radius 3 is 2.40 bits per heavy atom. The van der Waals surface area contributed by atoms with Gasteiger partial charge in [0.1, 0.15) is 17.9 Å². The first-order chi connectivity index (χ1) is 18.9. The number of piperazine rings is 1. The lowest BCUT2D eigenvalue weighted by Crippen LogP contribution is -2.59. The molecule has 1 heterocycles. The van der Waals surface area contributed by atoms with Gasteiger partial charge in [-0.05, 0) is 51.3 Å². The number of carbonyl (C=O) groups excluding carboxylic acids is 4. The average Bonchev–Trinajstić information content (AvgIpc) is 3.13. The summed E-state index contributed by atoms with van der Waals surface area (Å²) >= 11 is 12.4. The second kappa shape index (κ2) is 14.6. The summed E-state index contributed by atoms with van der Waals surface area (Å²) in [6.07, 6.45) is 6.13. The summed E-state index contributed by atoms with van der Waals surface area (Å²) in [5, 5.41) is 3.60.